The molecule has 3 nitrogen and oxygen atoms in total. The Bertz CT molecular complexity index is 810. The summed E-state index contributed by atoms with van der Waals surface area (Å²) in [4.78, 5) is 0. The van der Waals surface area contributed by atoms with Gasteiger partial charge in [-0.15, -0.1) is 5.10 Å². The van der Waals surface area contributed by atoms with E-state index < -0.39 is 0 Å². The summed E-state index contributed by atoms with van der Waals surface area (Å²) in [6.07, 6.45) is 27.1. The fourth-order valence-electron chi connectivity index (χ4n) is 9.63. The summed E-state index contributed by atoms with van der Waals surface area (Å²) < 4.78 is 2.47. The van der Waals surface area contributed by atoms with Crippen molar-refractivity contribution in [3.8, 4) is 0 Å². The van der Waals surface area contributed by atoms with Crippen molar-refractivity contribution < 1.29 is 0 Å². The van der Waals surface area contributed by atoms with Gasteiger partial charge in [0.1, 0.15) is 0 Å². The minimum Gasteiger partial charge on any atom is -0.246 e. The van der Waals surface area contributed by atoms with Crippen molar-refractivity contribution in [1.29, 1.82) is 0 Å². The lowest BCUT2D eigenvalue weighted by atomic mass is 9.61. The highest BCUT2D eigenvalue weighted by Crippen LogP contribution is 2.64. The third-order valence-electron chi connectivity index (χ3n) is 12.2. The van der Waals surface area contributed by atoms with Gasteiger partial charge in [0.25, 0.3) is 0 Å². The van der Waals surface area contributed by atoms with Gasteiger partial charge < -0.3 is 0 Å². The van der Waals surface area contributed by atoms with Crippen LogP contribution in [0.4, 0.5) is 0 Å². The topological polar surface area (TPSA) is 30.7 Å². The van der Waals surface area contributed by atoms with Gasteiger partial charge in [-0.25, -0.2) is 4.68 Å². The van der Waals surface area contributed by atoms with Gasteiger partial charge >= 0.3 is 0 Å². The number of unbranched alkanes of at least 4 members (excludes halogenated alkanes) is 1. The Balaban J connectivity index is 1.52. The second kappa shape index (κ2) is 13.0. The molecule has 1 aromatic rings. The molecule has 3 heteroatoms. The highest BCUT2D eigenvalue weighted by molar-refractivity contribution is 5.10. The minimum absolute atomic E-state index is 0.425. The molecule has 0 amide bonds. The fourth-order valence-corrected chi connectivity index (χ4v) is 9.63. The van der Waals surface area contributed by atoms with Crippen LogP contribution in [-0.2, 0) is 6.42 Å². The molecule has 37 heavy (non-hydrogen) atoms. The third-order valence-corrected chi connectivity index (χ3v) is 12.2. The van der Waals surface area contributed by atoms with E-state index in [1.54, 1.807) is 0 Å². The Kier molecular flexibility index (Phi) is 10.2. The molecular formula is C34H61N3. The van der Waals surface area contributed by atoms with Crippen molar-refractivity contribution in [2.45, 2.75) is 163 Å². The first-order valence-corrected chi connectivity index (χ1v) is 16.8. The summed E-state index contributed by atoms with van der Waals surface area (Å²) in [7, 11) is 0. The third kappa shape index (κ3) is 6.16. The molecule has 3 saturated carbocycles. The maximum absolute atomic E-state index is 4.85. The highest BCUT2D eigenvalue weighted by Gasteiger charge is 2.57. The molecule has 4 rings (SSSR count). The number of hydrogen-bond donors (Lipinski definition) is 0. The zero-order valence-corrected chi connectivity index (χ0v) is 25.6. The van der Waals surface area contributed by atoms with Gasteiger partial charge in [0.15, 0.2) is 0 Å². The molecule has 0 aromatic carbocycles. The minimum atomic E-state index is 0.425. The van der Waals surface area contributed by atoms with E-state index in [9.17, 15) is 0 Å². The fraction of sp³-hybridized carbons (Fsp3) is 0.941. The second-order valence-corrected chi connectivity index (χ2v) is 14.1. The van der Waals surface area contributed by atoms with Crippen LogP contribution in [0.3, 0.4) is 0 Å². The van der Waals surface area contributed by atoms with Crippen LogP contribution >= 0.6 is 0 Å². The van der Waals surface area contributed by atoms with Gasteiger partial charge in [-0.3, -0.25) is 0 Å². The van der Waals surface area contributed by atoms with Crippen LogP contribution < -0.4 is 0 Å². The van der Waals surface area contributed by atoms with Gasteiger partial charge in [0.2, 0.25) is 0 Å². The Labute approximate surface area is 230 Å². The lowest BCUT2D eigenvalue weighted by Gasteiger charge is -2.44. The largest absolute Gasteiger partial charge is 0.246 e. The van der Waals surface area contributed by atoms with Crippen LogP contribution in [0.15, 0.2) is 6.20 Å². The van der Waals surface area contributed by atoms with E-state index >= 15 is 0 Å². The molecule has 3 fully saturated rings. The summed E-state index contributed by atoms with van der Waals surface area (Å²) >= 11 is 0. The van der Waals surface area contributed by atoms with Gasteiger partial charge in [-0.1, -0.05) is 111 Å². The number of fused-ring (bicyclic) bond motifs is 1. The van der Waals surface area contributed by atoms with E-state index in [1.807, 2.05) is 0 Å². The first-order valence-electron chi connectivity index (χ1n) is 16.8. The summed E-state index contributed by atoms with van der Waals surface area (Å²) in [6.45, 7) is 14.9. The van der Waals surface area contributed by atoms with E-state index in [1.165, 1.54) is 115 Å². The van der Waals surface area contributed by atoms with Crippen LogP contribution in [0, 0.1) is 40.4 Å². The van der Waals surface area contributed by atoms with Crippen LogP contribution in [0.2, 0.25) is 0 Å². The molecule has 3 aliphatic carbocycles. The molecular weight excluding hydrogens is 450 g/mol. The van der Waals surface area contributed by atoms with Crippen LogP contribution in [0.25, 0.3) is 0 Å². The Morgan fingerprint density at radius 1 is 1.03 bits per heavy atom. The molecule has 0 radical (unpaired) electrons. The average molecular weight is 512 g/mol. The standard InChI is InChI=1S/C34H61N3/c1-7-11-21-34(10-4,29-18-13-14-19-29)26(5)22-31-25-35-36-37(31)32-20-15-12-17-28(27(9-3)16-8-2)23-30-24-33(30,32)6/h25-30,32H,7-24H2,1-6H3. The molecule has 3 aliphatic rings. The molecule has 0 spiro atoms. The lowest BCUT2D eigenvalue weighted by Crippen LogP contribution is -2.37. The molecule has 7 unspecified atom stereocenters. The number of nitrogens with zero attached hydrogens (tertiary/aromatic N) is 3. The molecule has 0 saturated heterocycles. The van der Waals surface area contributed by atoms with Crippen LogP contribution in [0.1, 0.15) is 162 Å². The quantitative estimate of drug-likeness (QED) is 0.264. The molecule has 0 N–H and O–H groups in total. The SMILES string of the molecule is CCCCC(CC)(C(C)Cc1cnnn1C1CCCCC(C(CC)CCC)CC2CC21C)C1CCCC1. The van der Waals surface area contributed by atoms with Crippen LogP contribution in [-0.4, -0.2) is 15.0 Å². The molecule has 0 aliphatic heterocycles. The second-order valence-electron chi connectivity index (χ2n) is 14.1. The van der Waals surface area contributed by atoms with E-state index in [-0.39, 0.29) is 0 Å². The maximum atomic E-state index is 4.85. The van der Waals surface area contributed by atoms with Gasteiger partial charge in [-0.2, -0.15) is 0 Å². The number of rotatable bonds is 13. The number of aromatic nitrogens is 3. The van der Waals surface area contributed by atoms with Crippen molar-refractivity contribution in [3.05, 3.63) is 11.9 Å². The predicted molar refractivity (Wildman–Crippen MR) is 158 cm³/mol. The van der Waals surface area contributed by atoms with Gasteiger partial charge in [0, 0.05) is 0 Å². The van der Waals surface area contributed by atoms with Crippen LogP contribution in [0.5, 0.6) is 0 Å². The Morgan fingerprint density at radius 3 is 2.43 bits per heavy atom. The highest BCUT2D eigenvalue weighted by atomic mass is 15.4. The first-order chi connectivity index (χ1) is 17.9. The molecule has 0 bridgehead atoms. The van der Waals surface area contributed by atoms with Crippen molar-refractivity contribution >= 4 is 0 Å². The summed E-state index contributed by atoms with van der Waals surface area (Å²) in [6, 6.07) is 0.547. The number of hydrogen-bond acceptors (Lipinski definition) is 2. The van der Waals surface area contributed by atoms with E-state index in [2.05, 4.69) is 57.5 Å². The van der Waals surface area contributed by atoms with Crippen molar-refractivity contribution in [2.75, 3.05) is 0 Å². The maximum Gasteiger partial charge on any atom is 0.0725 e. The summed E-state index contributed by atoms with van der Waals surface area (Å²) in [5.74, 6) is 4.40. The predicted octanol–water partition coefficient (Wildman–Crippen LogP) is 10.2. The summed E-state index contributed by atoms with van der Waals surface area (Å²) in [5.41, 5.74) is 2.35. The monoisotopic (exact) mass is 511 g/mol. The molecule has 1 aromatic heterocycles. The van der Waals surface area contributed by atoms with Crippen molar-refractivity contribution in [3.63, 3.8) is 0 Å². The lowest BCUT2D eigenvalue weighted by molar-refractivity contribution is 0.0589. The zero-order chi connectivity index (χ0) is 26.5. The van der Waals surface area contributed by atoms with Crippen molar-refractivity contribution in [2.24, 2.45) is 40.4 Å². The van der Waals surface area contributed by atoms with Gasteiger partial charge in [-0.05, 0) is 91.8 Å². The van der Waals surface area contributed by atoms with Gasteiger partial charge in [0.05, 0.1) is 17.9 Å². The molecule has 7 atom stereocenters. The summed E-state index contributed by atoms with van der Waals surface area (Å²) in [5, 5.41) is 9.43. The van der Waals surface area contributed by atoms with E-state index in [0.717, 1.165) is 30.1 Å². The Morgan fingerprint density at radius 2 is 1.76 bits per heavy atom. The van der Waals surface area contributed by atoms with E-state index in [4.69, 9.17) is 5.21 Å². The average Bonchev–Trinajstić information content (AvgIpc) is 3.29. The van der Waals surface area contributed by atoms with E-state index in [0.29, 0.717) is 22.8 Å². The normalized spacial score (nSPS) is 32.1. The molecule has 1 heterocycles. The molecule has 212 valence electrons. The zero-order valence-electron chi connectivity index (χ0n) is 25.6. The first kappa shape index (κ1) is 29.1. The Hall–Kier alpha value is -0.860. The smallest absolute Gasteiger partial charge is 0.0725 e. The van der Waals surface area contributed by atoms with Crippen molar-refractivity contribution in [1.82, 2.24) is 15.0 Å².